The molecule has 0 amide bonds. The Balaban J connectivity index is 1.98. The molecule has 0 bridgehead atoms. The summed E-state index contributed by atoms with van der Waals surface area (Å²) in [6.45, 7) is 7.48. The van der Waals surface area contributed by atoms with Crippen molar-refractivity contribution in [2.24, 2.45) is 7.05 Å². The van der Waals surface area contributed by atoms with Crippen molar-refractivity contribution in [3.8, 4) is 0 Å². The number of hydrogen-bond donors (Lipinski definition) is 1. The molecule has 0 saturated carbocycles. The van der Waals surface area contributed by atoms with E-state index >= 15 is 0 Å². The number of fused-ring (bicyclic) bond motifs is 1. The largest absolute Gasteiger partial charge is 0.357 e. The van der Waals surface area contributed by atoms with Gasteiger partial charge in [0.15, 0.2) is 5.65 Å². The molecular formula is C13H21N7. The average Bonchev–Trinajstić information content (AvgIpc) is 2.88. The molecule has 0 radical (unpaired) electrons. The zero-order valence-electron chi connectivity index (χ0n) is 12.3. The molecule has 2 aromatic heterocycles. The lowest BCUT2D eigenvalue weighted by Gasteiger charge is -2.35. The van der Waals surface area contributed by atoms with Crippen LogP contribution >= 0.6 is 0 Å². The van der Waals surface area contributed by atoms with Gasteiger partial charge in [-0.2, -0.15) is 15.1 Å². The van der Waals surface area contributed by atoms with Crippen LogP contribution in [0.2, 0.25) is 0 Å². The van der Waals surface area contributed by atoms with E-state index in [9.17, 15) is 0 Å². The molecule has 0 unspecified atom stereocenters. The van der Waals surface area contributed by atoms with E-state index in [1.807, 2.05) is 20.3 Å². The van der Waals surface area contributed by atoms with Gasteiger partial charge in [0.1, 0.15) is 5.82 Å². The van der Waals surface area contributed by atoms with Gasteiger partial charge in [-0.1, -0.05) is 6.92 Å². The lowest BCUT2D eigenvalue weighted by Crippen LogP contribution is -2.46. The lowest BCUT2D eigenvalue weighted by molar-refractivity contribution is 0.271. The Morgan fingerprint density at radius 2 is 1.95 bits per heavy atom. The maximum atomic E-state index is 4.64. The van der Waals surface area contributed by atoms with Gasteiger partial charge in [-0.05, 0) is 6.54 Å². The molecule has 1 N–H and O–H groups in total. The van der Waals surface area contributed by atoms with Crippen LogP contribution in [-0.2, 0) is 7.05 Å². The van der Waals surface area contributed by atoms with Crippen molar-refractivity contribution in [3.63, 3.8) is 0 Å². The van der Waals surface area contributed by atoms with Crippen molar-refractivity contribution in [1.82, 2.24) is 24.6 Å². The molecule has 3 heterocycles. The summed E-state index contributed by atoms with van der Waals surface area (Å²) in [5.41, 5.74) is 0.872. The highest BCUT2D eigenvalue weighted by molar-refractivity contribution is 5.88. The van der Waals surface area contributed by atoms with E-state index < -0.39 is 0 Å². The number of hydrogen-bond acceptors (Lipinski definition) is 6. The Labute approximate surface area is 118 Å². The molecule has 1 saturated heterocycles. The topological polar surface area (TPSA) is 62.1 Å². The molecule has 2 aromatic rings. The molecule has 108 valence electrons. The summed E-state index contributed by atoms with van der Waals surface area (Å²) in [6.07, 6.45) is 1.86. The molecule has 7 heteroatoms. The normalized spacial score (nSPS) is 16.9. The highest BCUT2D eigenvalue weighted by Crippen LogP contribution is 2.25. The van der Waals surface area contributed by atoms with Crippen LogP contribution in [0.15, 0.2) is 6.20 Å². The van der Waals surface area contributed by atoms with Crippen molar-refractivity contribution >= 4 is 22.8 Å². The molecule has 0 aliphatic carbocycles. The predicted molar refractivity (Wildman–Crippen MR) is 80.2 cm³/mol. The second-order valence-electron chi connectivity index (χ2n) is 5.05. The molecule has 7 nitrogen and oxygen atoms in total. The Kier molecular flexibility index (Phi) is 3.43. The van der Waals surface area contributed by atoms with Gasteiger partial charge in [-0.3, -0.25) is 4.68 Å². The standard InChI is InChI=1S/C13H21N7/c1-4-19-5-7-20(8-6-19)12-10-9-15-18(3)11(10)16-13(14-2)17-12/h9H,4-8H2,1-3H3,(H,14,16,17). The summed E-state index contributed by atoms with van der Waals surface area (Å²) in [4.78, 5) is 13.9. The maximum absolute atomic E-state index is 4.64. The Bertz CT molecular complexity index is 598. The molecule has 20 heavy (non-hydrogen) atoms. The Morgan fingerprint density at radius 1 is 1.20 bits per heavy atom. The summed E-state index contributed by atoms with van der Waals surface area (Å²) in [5.74, 6) is 1.64. The summed E-state index contributed by atoms with van der Waals surface area (Å²) in [6, 6.07) is 0. The van der Waals surface area contributed by atoms with Crippen LogP contribution in [0.4, 0.5) is 11.8 Å². The monoisotopic (exact) mass is 275 g/mol. The SMILES string of the molecule is CCN1CCN(c2nc(NC)nc3c2cnn3C)CC1. The van der Waals surface area contributed by atoms with Crippen LogP contribution in [0, 0.1) is 0 Å². The number of nitrogens with one attached hydrogen (secondary N) is 1. The first-order valence-corrected chi connectivity index (χ1v) is 7.07. The second-order valence-corrected chi connectivity index (χ2v) is 5.05. The quantitative estimate of drug-likeness (QED) is 0.882. The van der Waals surface area contributed by atoms with E-state index in [0.717, 1.165) is 49.6 Å². The fraction of sp³-hybridized carbons (Fsp3) is 0.615. The molecule has 3 rings (SSSR count). The molecule has 1 fully saturated rings. The first-order chi connectivity index (χ1) is 9.72. The summed E-state index contributed by atoms with van der Waals surface area (Å²) < 4.78 is 1.80. The summed E-state index contributed by atoms with van der Waals surface area (Å²) in [5, 5.41) is 8.37. The van der Waals surface area contributed by atoms with Gasteiger partial charge in [-0.25, -0.2) is 0 Å². The zero-order chi connectivity index (χ0) is 14.1. The predicted octanol–water partition coefficient (Wildman–Crippen LogP) is 0.547. The van der Waals surface area contributed by atoms with Crippen LogP contribution in [0.5, 0.6) is 0 Å². The highest BCUT2D eigenvalue weighted by Gasteiger charge is 2.21. The van der Waals surface area contributed by atoms with Gasteiger partial charge in [0, 0.05) is 40.3 Å². The fourth-order valence-electron chi connectivity index (χ4n) is 2.64. The average molecular weight is 275 g/mol. The molecular weight excluding hydrogens is 254 g/mol. The minimum absolute atomic E-state index is 0.647. The van der Waals surface area contributed by atoms with Gasteiger partial charge >= 0.3 is 0 Å². The number of anilines is 2. The minimum atomic E-state index is 0.647. The van der Waals surface area contributed by atoms with Crippen molar-refractivity contribution < 1.29 is 0 Å². The third-order valence-electron chi connectivity index (χ3n) is 3.91. The van der Waals surface area contributed by atoms with Crippen LogP contribution in [0.25, 0.3) is 11.0 Å². The minimum Gasteiger partial charge on any atom is -0.357 e. The van der Waals surface area contributed by atoms with Crippen LogP contribution < -0.4 is 10.2 Å². The van der Waals surface area contributed by atoms with E-state index in [4.69, 9.17) is 0 Å². The number of aromatic nitrogens is 4. The first kappa shape index (κ1) is 13.1. The van der Waals surface area contributed by atoms with E-state index in [2.05, 4.69) is 37.1 Å². The number of nitrogens with zero attached hydrogens (tertiary/aromatic N) is 6. The first-order valence-electron chi connectivity index (χ1n) is 7.07. The molecule has 0 atom stereocenters. The smallest absolute Gasteiger partial charge is 0.226 e. The van der Waals surface area contributed by atoms with E-state index in [0.29, 0.717) is 5.95 Å². The van der Waals surface area contributed by atoms with Crippen LogP contribution in [-0.4, -0.2) is 64.4 Å². The van der Waals surface area contributed by atoms with Crippen molar-refractivity contribution in [3.05, 3.63) is 6.20 Å². The highest BCUT2D eigenvalue weighted by atomic mass is 15.3. The van der Waals surface area contributed by atoms with E-state index in [1.165, 1.54) is 0 Å². The van der Waals surface area contributed by atoms with Gasteiger partial charge in [0.05, 0.1) is 11.6 Å². The zero-order valence-corrected chi connectivity index (χ0v) is 12.3. The van der Waals surface area contributed by atoms with Gasteiger partial charge < -0.3 is 15.1 Å². The molecule has 0 aromatic carbocycles. The number of aryl methyl sites for hydroxylation is 1. The molecule has 1 aliphatic rings. The number of rotatable bonds is 3. The second kappa shape index (κ2) is 5.24. The molecule has 0 spiro atoms. The number of piperazine rings is 1. The van der Waals surface area contributed by atoms with Crippen molar-refractivity contribution in [2.75, 3.05) is 50.0 Å². The van der Waals surface area contributed by atoms with Crippen molar-refractivity contribution in [1.29, 1.82) is 0 Å². The van der Waals surface area contributed by atoms with E-state index in [1.54, 1.807) is 4.68 Å². The summed E-state index contributed by atoms with van der Waals surface area (Å²) >= 11 is 0. The Hall–Kier alpha value is -1.89. The van der Waals surface area contributed by atoms with Gasteiger partial charge in [0.25, 0.3) is 0 Å². The van der Waals surface area contributed by atoms with Gasteiger partial charge in [0.2, 0.25) is 5.95 Å². The third kappa shape index (κ3) is 2.18. The fourth-order valence-corrected chi connectivity index (χ4v) is 2.64. The number of likely N-dealkylation sites (N-methyl/N-ethyl adjacent to an activating group) is 1. The Morgan fingerprint density at radius 3 is 2.60 bits per heavy atom. The van der Waals surface area contributed by atoms with E-state index in [-0.39, 0.29) is 0 Å². The van der Waals surface area contributed by atoms with Crippen LogP contribution in [0.1, 0.15) is 6.92 Å². The van der Waals surface area contributed by atoms with Crippen LogP contribution in [0.3, 0.4) is 0 Å². The van der Waals surface area contributed by atoms with Gasteiger partial charge in [-0.15, -0.1) is 0 Å². The summed E-state index contributed by atoms with van der Waals surface area (Å²) in [7, 11) is 3.75. The maximum Gasteiger partial charge on any atom is 0.226 e. The molecule has 1 aliphatic heterocycles. The lowest BCUT2D eigenvalue weighted by atomic mass is 10.3. The van der Waals surface area contributed by atoms with Crippen molar-refractivity contribution in [2.45, 2.75) is 6.92 Å². The third-order valence-corrected chi connectivity index (χ3v) is 3.91.